The maximum atomic E-state index is 13.0. The number of aliphatic hydroxyl groups is 1. The molecule has 1 saturated heterocycles. The molecule has 4 rings (SSSR count). The molecule has 1 fully saturated rings. The van der Waals surface area contributed by atoms with Crippen molar-refractivity contribution in [1.82, 2.24) is 14.6 Å². The Hall–Kier alpha value is -1.99. The van der Waals surface area contributed by atoms with Gasteiger partial charge in [0.1, 0.15) is 5.82 Å². The minimum Gasteiger partial charge on any atom is -0.393 e. The number of nitrogens with zero attached hydrogens (tertiary/aromatic N) is 4. The van der Waals surface area contributed by atoms with Crippen LogP contribution in [0.25, 0.3) is 16.2 Å². The van der Waals surface area contributed by atoms with Crippen LogP contribution in [0.3, 0.4) is 0 Å². The first-order chi connectivity index (χ1) is 11.6. The molecule has 1 aliphatic rings. The number of aromatic nitrogens is 3. The van der Waals surface area contributed by atoms with E-state index in [-0.39, 0.29) is 11.9 Å². The molecule has 2 aromatic heterocycles. The van der Waals surface area contributed by atoms with Crippen molar-refractivity contribution in [2.75, 3.05) is 18.0 Å². The van der Waals surface area contributed by atoms with Crippen LogP contribution < -0.4 is 4.90 Å². The molecular weight excluding hydrogens is 327 g/mol. The number of hydrogen-bond acceptors (Lipinski definition) is 5. The lowest BCUT2D eigenvalue weighted by Crippen LogP contribution is -2.39. The van der Waals surface area contributed by atoms with Gasteiger partial charge < -0.3 is 10.0 Å². The molecule has 3 heterocycles. The fourth-order valence-corrected chi connectivity index (χ4v) is 4.07. The van der Waals surface area contributed by atoms with Crippen LogP contribution in [0.15, 0.2) is 30.5 Å². The Morgan fingerprint density at radius 2 is 2.12 bits per heavy atom. The SMILES string of the molecule is CC(O)C1CCCN(c2nn3cc(-c4ccc(F)cc4)nc3s2)C1. The summed E-state index contributed by atoms with van der Waals surface area (Å²) in [5, 5.41) is 15.4. The van der Waals surface area contributed by atoms with Gasteiger partial charge in [-0.2, -0.15) is 0 Å². The van der Waals surface area contributed by atoms with E-state index in [0.717, 1.165) is 47.3 Å². The topological polar surface area (TPSA) is 53.7 Å². The van der Waals surface area contributed by atoms with Gasteiger partial charge in [-0.1, -0.05) is 11.3 Å². The van der Waals surface area contributed by atoms with Gasteiger partial charge in [0.05, 0.1) is 18.0 Å². The lowest BCUT2D eigenvalue weighted by Gasteiger charge is -2.33. The molecule has 1 aliphatic heterocycles. The molecule has 7 heteroatoms. The predicted molar refractivity (Wildman–Crippen MR) is 92.9 cm³/mol. The van der Waals surface area contributed by atoms with Crippen molar-refractivity contribution < 1.29 is 9.50 Å². The van der Waals surface area contributed by atoms with Crippen molar-refractivity contribution in [3.05, 3.63) is 36.3 Å². The first-order valence-electron chi connectivity index (χ1n) is 8.15. The Balaban J connectivity index is 1.58. The highest BCUT2D eigenvalue weighted by atomic mass is 32.1. The summed E-state index contributed by atoms with van der Waals surface area (Å²) in [5.74, 6) is 0.0442. The van der Waals surface area contributed by atoms with E-state index in [0.29, 0.717) is 5.92 Å². The smallest absolute Gasteiger partial charge is 0.214 e. The monoisotopic (exact) mass is 346 g/mol. The third kappa shape index (κ3) is 2.89. The van der Waals surface area contributed by atoms with E-state index >= 15 is 0 Å². The van der Waals surface area contributed by atoms with Gasteiger partial charge in [0.15, 0.2) is 0 Å². The van der Waals surface area contributed by atoms with E-state index in [1.165, 1.54) is 12.1 Å². The highest BCUT2D eigenvalue weighted by molar-refractivity contribution is 7.20. The Bertz CT molecular complexity index is 811. The van der Waals surface area contributed by atoms with Crippen LogP contribution in [-0.4, -0.2) is 38.9 Å². The maximum absolute atomic E-state index is 13.0. The first kappa shape index (κ1) is 15.5. The molecule has 0 spiro atoms. The van der Waals surface area contributed by atoms with Gasteiger partial charge in [-0.3, -0.25) is 0 Å². The van der Waals surface area contributed by atoms with Crippen LogP contribution in [0.5, 0.6) is 0 Å². The van der Waals surface area contributed by atoms with Gasteiger partial charge in [-0.05, 0) is 44.0 Å². The normalized spacial score (nSPS) is 19.8. The Morgan fingerprint density at radius 1 is 1.33 bits per heavy atom. The molecule has 24 heavy (non-hydrogen) atoms. The molecular formula is C17H19FN4OS. The minimum atomic E-state index is -0.290. The molecule has 2 unspecified atom stereocenters. The van der Waals surface area contributed by atoms with E-state index in [2.05, 4.69) is 15.0 Å². The molecule has 0 aliphatic carbocycles. The van der Waals surface area contributed by atoms with Gasteiger partial charge in [-0.25, -0.2) is 13.9 Å². The molecule has 3 aromatic rings. The van der Waals surface area contributed by atoms with Crippen LogP contribution >= 0.6 is 11.3 Å². The fraction of sp³-hybridized carbons (Fsp3) is 0.412. The van der Waals surface area contributed by atoms with Crippen molar-refractivity contribution in [1.29, 1.82) is 0 Å². The van der Waals surface area contributed by atoms with Gasteiger partial charge >= 0.3 is 0 Å². The zero-order chi connectivity index (χ0) is 16.7. The average Bonchev–Trinajstić information content (AvgIpc) is 3.14. The van der Waals surface area contributed by atoms with Crippen molar-refractivity contribution in [2.45, 2.75) is 25.9 Å². The molecule has 2 atom stereocenters. The third-order valence-corrected chi connectivity index (χ3v) is 5.57. The number of hydrogen-bond donors (Lipinski definition) is 1. The average molecular weight is 346 g/mol. The number of halogens is 1. The Kier molecular flexibility index (Phi) is 3.97. The molecule has 1 N–H and O–H groups in total. The molecule has 0 saturated carbocycles. The zero-order valence-corrected chi connectivity index (χ0v) is 14.2. The lowest BCUT2D eigenvalue weighted by atomic mass is 9.94. The molecule has 126 valence electrons. The number of rotatable bonds is 3. The van der Waals surface area contributed by atoms with Gasteiger partial charge in [0.2, 0.25) is 10.1 Å². The molecule has 5 nitrogen and oxygen atoms in total. The predicted octanol–water partition coefficient (Wildman–Crippen LogP) is 3.19. The van der Waals surface area contributed by atoms with Crippen LogP contribution in [-0.2, 0) is 0 Å². The summed E-state index contributed by atoms with van der Waals surface area (Å²) in [7, 11) is 0. The van der Waals surface area contributed by atoms with Crippen molar-refractivity contribution in [2.24, 2.45) is 5.92 Å². The number of piperidine rings is 1. The summed E-state index contributed by atoms with van der Waals surface area (Å²) >= 11 is 1.55. The second-order valence-electron chi connectivity index (χ2n) is 6.33. The number of aliphatic hydroxyl groups excluding tert-OH is 1. The van der Waals surface area contributed by atoms with Crippen LogP contribution in [0.1, 0.15) is 19.8 Å². The van der Waals surface area contributed by atoms with Gasteiger partial charge in [0.25, 0.3) is 0 Å². The van der Waals surface area contributed by atoms with Crippen LogP contribution in [0, 0.1) is 11.7 Å². The Labute approximate surface area is 143 Å². The first-order valence-corrected chi connectivity index (χ1v) is 8.97. The summed E-state index contributed by atoms with van der Waals surface area (Å²) < 4.78 is 14.8. The third-order valence-electron chi connectivity index (χ3n) is 4.58. The molecule has 0 radical (unpaired) electrons. The largest absolute Gasteiger partial charge is 0.393 e. The van der Waals surface area contributed by atoms with E-state index in [9.17, 15) is 9.50 Å². The summed E-state index contributed by atoms with van der Waals surface area (Å²) in [6, 6.07) is 6.32. The van der Waals surface area contributed by atoms with Gasteiger partial charge in [0, 0.05) is 24.6 Å². The van der Waals surface area contributed by atoms with Crippen molar-refractivity contribution in [3.63, 3.8) is 0 Å². The highest BCUT2D eigenvalue weighted by Crippen LogP contribution is 2.30. The van der Waals surface area contributed by atoms with E-state index in [1.807, 2.05) is 13.1 Å². The Morgan fingerprint density at radius 3 is 2.83 bits per heavy atom. The van der Waals surface area contributed by atoms with Crippen LogP contribution in [0.2, 0.25) is 0 Å². The number of imidazole rings is 1. The molecule has 0 bridgehead atoms. The van der Waals surface area contributed by atoms with Crippen molar-refractivity contribution in [3.8, 4) is 11.3 Å². The molecule has 1 aromatic carbocycles. The van der Waals surface area contributed by atoms with E-state index in [4.69, 9.17) is 0 Å². The zero-order valence-electron chi connectivity index (χ0n) is 13.4. The summed E-state index contributed by atoms with van der Waals surface area (Å²) in [4.78, 5) is 7.66. The van der Waals surface area contributed by atoms with E-state index in [1.54, 1.807) is 28.0 Å². The van der Waals surface area contributed by atoms with Gasteiger partial charge in [-0.15, -0.1) is 5.10 Å². The number of fused-ring (bicyclic) bond motifs is 1. The lowest BCUT2D eigenvalue weighted by molar-refractivity contribution is 0.115. The fourth-order valence-electron chi connectivity index (χ4n) is 3.15. The van der Waals surface area contributed by atoms with E-state index < -0.39 is 0 Å². The summed E-state index contributed by atoms with van der Waals surface area (Å²) in [6.07, 6.45) is 3.71. The highest BCUT2D eigenvalue weighted by Gasteiger charge is 2.25. The number of benzene rings is 1. The minimum absolute atomic E-state index is 0.252. The molecule has 0 amide bonds. The second-order valence-corrected chi connectivity index (χ2v) is 7.27. The summed E-state index contributed by atoms with van der Waals surface area (Å²) in [5.41, 5.74) is 1.67. The maximum Gasteiger partial charge on any atom is 0.214 e. The van der Waals surface area contributed by atoms with Crippen LogP contribution in [0.4, 0.5) is 9.52 Å². The quantitative estimate of drug-likeness (QED) is 0.791. The standard InChI is InChI=1S/C17H19FN4OS/c1-11(23)13-3-2-8-21(9-13)17-20-22-10-15(19-16(22)24-17)12-4-6-14(18)7-5-12/h4-7,10-11,13,23H,2-3,8-9H2,1H3. The second kappa shape index (κ2) is 6.14. The summed E-state index contributed by atoms with van der Waals surface area (Å²) in [6.45, 7) is 3.65. The van der Waals surface area contributed by atoms with Crippen molar-refractivity contribution >= 4 is 21.4 Å². The number of anilines is 1.